The molecule has 5 nitrogen and oxygen atoms in total. The average Bonchev–Trinajstić information content (AvgIpc) is 3.07. The monoisotopic (exact) mass is 403 g/mol. The first-order valence-electron chi connectivity index (χ1n) is 7.71. The number of nitrogens with zero attached hydrogens (tertiary/aromatic N) is 3. The van der Waals surface area contributed by atoms with Crippen LogP contribution in [0.1, 0.15) is 5.56 Å². The third-order valence-electron chi connectivity index (χ3n) is 3.97. The number of benzene rings is 2. The van der Waals surface area contributed by atoms with Crippen molar-refractivity contribution >= 4 is 46.0 Å². The van der Waals surface area contributed by atoms with E-state index in [1.165, 1.54) is 0 Å². The summed E-state index contributed by atoms with van der Waals surface area (Å²) >= 11 is 18.4. The molecule has 2 aromatic carbocycles. The van der Waals surface area contributed by atoms with Crippen molar-refractivity contribution < 1.29 is 0 Å². The van der Waals surface area contributed by atoms with Gasteiger partial charge in [-0.2, -0.15) is 0 Å². The van der Waals surface area contributed by atoms with Gasteiger partial charge in [-0.25, -0.2) is 9.97 Å². The first-order chi connectivity index (χ1) is 12.5. The predicted octanol–water partition coefficient (Wildman–Crippen LogP) is 4.91. The molecule has 4 aromatic rings. The highest BCUT2D eigenvalue weighted by molar-refractivity contribution is 6.33. The second kappa shape index (κ2) is 6.76. The van der Waals surface area contributed by atoms with E-state index in [0.29, 0.717) is 38.6 Å². The van der Waals surface area contributed by atoms with E-state index in [1.807, 2.05) is 28.8 Å². The number of imidazole rings is 1. The zero-order valence-electron chi connectivity index (χ0n) is 13.3. The van der Waals surface area contributed by atoms with Crippen LogP contribution < -0.4 is 5.49 Å². The maximum absolute atomic E-state index is 8.07. The van der Waals surface area contributed by atoms with Gasteiger partial charge in [0, 0.05) is 20.6 Å². The van der Waals surface area contributed by atoms with Crippen molar-refractivity contribution in [1.29, 1.82) is 5.41 Å². The molecule has 2 aromatic heterocycles. The zero-order chi connectivity index (χ0) is 18.3. The van der Waals surface area contributed by atoms with Crippen molar-refractivity contribution in [3.8, 4) is 11.4 Å². The van der Waals surface area contributed by atoms with Crippen molar-refractivity contribution in [3.63, 3.8) is 0 Å². The number of hydrogen-bond donors (Lipinski definition) is 2. The predicted molar refractivity (Wildman–Crippen MR) is 104 cm³/mol. The molecule has 0 aliphatic rings. The first-order valence-corrected chi connectivity index (χ1v) is 8.84. The number of nitrogens with one attached hydrogen (secondary N) is 2. The van der Waals surface area contributed by atoms with Crippen LogP contribution in [0.2, 0.25) is 15.1 Å². The molecule has 0 radical (unpaired) electrons. The minimum absolute atomic E-state index is 0.120. The molecule has 0 aliphatic carbocycles. The SMILES string of the molecule is N=c1ncn(Cc2cc(Cl)ccc2Cl)c2nc(-c3cccc(Cl)c3)[nH]c12. The number of rotatable bonds is 3. The highest BCUT2D eigenvalue weighted by Gasteiger charge is 2.12. The van der Waals surface area contributed by atoms with Crippen LogP contribution in [0, 0.1) is 5.41 Å². The van der Waals surface area contributed by atoms with Crippen molar-refractivity contribution in [1.82, 2.24) is 19.5 Å². The summed E-state index contributed by atoms with van der Waals surface area (Å²) in [6, 6.07) is 12.7. The molecule has 130 valence electrons. The number of fused-ring (bicyclic) bond motifs is 1. The summed E-state index contributed by atoms with van der Waals surface area (Å²) in [5.74, 6) is 0.620. The van der Waals surface area contributed by atoms with Gasteiger partial charge >= 0.3 is 0 Å². The largest absolute Gasteiger partial charge is 0.334 e. The van der Waals surface area contributed by atoms with E-state index in [4.69, 9.17) is 40.2 Å². The van der Waals surface area contributed by atoms with Crippen molar-refractivity contribution in [2.24, 2.45) is 0 Å². The smallest absolute Gasteiger partial charge is 0.173 e. The van der Waals surface area contributed by atoms with Crippen LogP contribution in [0.5, 0.6) is 0 Å². The molecule has 8 heteroatoms. The maximum atomic E-state index is 8.07. The summed E-state index contributed by atoms with van der Waals surface area (Å²) in [4.78, 5) is 11.9. The molecule has 0 aliphatic heterocycles. The lowest BCUT2D eigenvalue weighted by molar-refractivity contribution is 0.784. The molecular weight excluding hydrogens is 393 g/mol. The molecule has 0 unspecified atom stereocenters. The van der Waals surface area contributed by atoms with Crippen LogP contribution in [-0.4, -0.2) is 19.5 Å². The van der Waals surface area contributed by atoms with Crippen molar-refractivity contribution in [3.05, 3.63) is 74.9 Å². The second-order valence-corrected chi connectivity index (χ2v) is 7.03. The summed E-state index contributed by atoms with van der Waals surface area (Å²) in [5, 5.41) is 9.89. The highest BCUT2D eigenvalue weighted by atomic mass is 35.5. The molecule has 2 N–H and O–H groups in total. The van der Waals surface area contributed by atoms with E-state index in [-0.39, 0.29) is 5.49 Å². The van der Waals surface area contributed by atoms with Gasteiger partial charge in [0.1, 0.15) is 11.3 Å². The standard InChI is InChI=1S/C18H12Cl3N5/c19-12-3-1-2-10(6-12)17-24-15-16(22)23-9-26(18(15)25-17)8-11-7-13(20)4-5-14(11)21/h1-7,9,22H,8H2,(H,24,25). The number of halogens is 3. The Kier molecular flexibility index (Phi) is 4.44. The first kappa shape index (κ1) is 17.1. The Morgan fingerprint density at radius 2 is 1.85 bits per heavy atom. The van der Waals surface area contributed by atoms with Crippen molar-refractivity contribution in [2.45, 2.75) is 6.54 Å². The molecule has 0 atom stereocenters. The molecule has 0 saturated heterocycles. The van der Waals surface area contributed by atoms with Gasteiger partial charge in [0.15, 0.2) is 11.1 Å². The van der Waals surface area contributed by atoms with Gasteiger partial charge in [-0.05, 0) is 35.9 Å². The van der Waals surface area contributed by atoms with E-state index in [2.05, 4.69) is 15.0 Å². The Bertz CT molecular complexity index is 1180. The molecular formula is C18H12Cl3N5. The van der Waals surface area contributed by atoms with Crippen LogP contribution in [0.3, 0.4) is 0 Å². The molecule has 0 amide bonds. The molecule has 2 heterocycles. The topological polar surface area (TPSA) is 70.3 Å². The molecule has 0 bridgehead atoms. The quantitative estimate of drug-likeness (QED) is 0.509. The Morgan fingerprint density at radius 3 is 2.65 bits per heavy atom. The van der Waals surface area contributed by atoms with E-state index in [1.54, 1.807) is 24.5 Å². The van der Waals surface area contributed by atoms with Crippen LogP contribution in [0.15, 0.2) is 48.8 Å². The van der Waals surface area contributed by atoms with Gasteiger partial charge < -0.3 is 9.55 Å². The molecule has 0 saturated carbocycles. The Morgan fingerprint density at radius 1 is 1.04 bits per heavy atom. The van der Waals surface area contributed by atoms with Gasteiger partial charge in [0.2, 0.25) is 0 Å². The third kappa shape index (κ3) is 3.21. The van der Waals surface area contributed by atoms with Gasteiger partial charge in [0.05, 0.1) is 12.9 Å². The van der Waals surface area contributed by atoms with Crippen LogP contribution >= 0.6 is 34.8 Å². The summed E-state index contributed by atoms with van der Waals surface area (Å²) in [7, 11) is 0. The van der Waals surface area contributed by atoms with Gasteiger partial charge in [-0.3, -0.25) is 5.41 Å². The lowest BCUT2D eigenvalue weighted by Gasteiger charge is -2.09. The van der Waals surface area contributed by atoms with E-state index < -0.39 is 0 Å². The average molecular weight is 405 g/mol. The number of aromatic amines is 1. The Labute approximate surface area is 163 Å². The molecule has 26 heavy (non-hydrogen) atoms. The van der Waals surface area contributed by atoms with E-state index in [9.17, 15) is 0 Å². The summed E-state index contributed by atoms with van der Waals surface area (Å²) in [5.41, 5.74) is 2.95. The highest BCUT2D eigenvalue weighted by Crippen LogP contribution is 2.24. The van der Waals surface area contributed by atoms with Crippen LogP contribution in [0.25, 0.3) is 22.6 Å². The zero-order valence-corrected chi connectivity index (χ0v) is 15.6. The molecule has 4 rings (SSSR count). The van der Waals surface area contributed by atoms with E-state index >= 15 is 0 Å². The number of aromatic nitrogens is 4. The fraction of sp³-hybridized carbons (Fsp3) is 0.0556. The Balaban J connectivity index is 1.85. The summed E-state index contributed by atoms with van der Waals surface area (Å²) in [6.07, 6.45) is 1.57. The fourth-order valence-corrected chi connectivity index (χ4v) is 3.28. The van der Waals surface area contributed by atoms with Crippen LogP contribution in [0.4, 0.5) is 0 Å². The van der Waals surface area contributed by atoms with Crippen LogP contribution in [-0.2, 0) is 6.54 Å². The fourth-order valence-electron chi connectivity index (χ4n) is 2.72. The lowest BCUT2D eigenvalue weighted by Crippen LogP contribution is -2.13. The molecule has 0 spiro atoms. The number of hydrogen-bond acceptors (Lipinski definition) is 3. The minimum atomic E-state index is 0.120. The van der Waals surface area contributed by atoms with Gasteiger partial charge in [0.25, 0.3) is 0 Å². The van der Waals surface area contributed by atoms with Gasteiger partial charge in [-0.1, -0.05) is 46.9 Å². The normalized spacial score (nSPS) is 11.2. The van der Waals surface area contributed by atoms with Gasteiger partial charge in [-0.15, -0.1) is 0 Å². The lowest BCUT2D eigenvalue weighted by atomic mass is 10.2. The maximum Gasteiger partial charge on any atom is 0.173 e. The molecule has 0 fully saturated rings. The minimum Gasteiger partial charge on any atom is -0.334 e. The number of H-pyrrole nitrogens is 1. The third-order valence-corrected chi connectivity index (χ3v) is 4.81. The van der Waals surface area contributed by atoms with Crippen molar-refractivity contribution in [2.75, 3.05) is 0 Å². The second-order valence-electron chi connectivity index (χ2n) is 5.75. The van der Waals surface area contributed by atoms with E-state index in [0.717, 1.165) is 11.1 Å². The summed E-state index contributed by atoms with van der Waals surface area (Å²) in [6.45, 7) is 0.434. The Hall–Kier alpha value is -2.34. The summed E-state index contributed by atoms with van der Waals surface area (Å²) < 4.78 is 1.83.